The third kappa shape index (κ3) is 2.75. The summed E-state index contributed by atoms with van der Waals surface area (Å²) in [5.41, 5.74) is 4.23. The number of thiol groups is 1. The molecule has 2 aromatic heterocycles. The number of hydrogen-bond donors (Lipinski definition) is 1. The molecule has 3 rings (SSSR count). The Labute approximate surface area is 137 Å². The Bertz CT molecular complexity index is 757. The van der Waals surface area contributed by atoms with Gasteiger partial charge in [-0.05, 0) is 35.7 Å². The van der Waals surface area contributed by atoms with Crippen LogP contribution in [0.15, 0.2) is 75.9 Å². The minimum Gasteiger partial charge on any atom is -0.219 e. The monoisotopic (exact) mass is 327 g/mol. The van der Waals surface area contributed by atoms with Gasteiger partial charge < -0.3 is 0 Å². The molecule has 0 unspecified atom stereocenters. The summed E-state index contributed by atoms with van der Waals surface area (Å²) in [6.07, 6.45) is 8.07. The van der Waals surface area contributed by atoms with Crippen molar-refractivity contribution in [3.05, 3.63) is 81.2 Å². The SMILES string of the molecule is C=C/C=C1/C(c2cccs2)=CC=C(c2cccs2)C1=NS. The highest BCUT2D eigenvalue weighted by Gasteiger charge is 2.22. The van der Waals surface area contributed by atoms with Crippen LogP contribution >= 0.6 is 35.5 Å². The molecule has 0 aliphatic heterocycles. The second-order valence-corrected chi connectivity index (χ2v) is 6.48. The zero-order valence-electron chi connectivity index (χ0n) is 11.2. The molecule has 1 aliphatic carbocycles. The van der Waals surface area contributed by atoms with Crippen LogP contribution in [0, 0.1) is 0 Å². The second-order valence-electron chi connectivity index (χ2n) is 4.38. The Morgan fingerprint density at radius 2 is 1.62 bits per heavy atom. The molecule has 1 aliphatic rings. The lowest BCUT2D eigenvalue weighted by atomic mass is 9.88. The van der Waals surface area contributed by atoms with Crippen LogP contribution in [0.25, 0.3) is 11.1 Å². The van der Waals surface area contributed by atoms with Crippen molar-refractivity contribution in [3.63, 3.8) is 0 Å². The smallest absolute Gasteiger partial charge is 0.0875 e. The van der Waals surface area contributed by atoms with E-state index in [9.17, 15) is 0 Å². The van der Waals surface area contributed by atoms with Crippen molar-refractivity contribution in [3.8, 4) is 0 Å². The minimum atomic E-state index is 0.895. The maximum absolute atomic E-state index is 4.24. The summed E-state index contributed by atoms with van der Waals surface area (Å²) in [5.74, 6) is 0. The van der Waals surface area contributed by atoms with Crippen LogP contribution in [0.1, 0.15) is 9.75 Å². The highest BCUT2D eigenvalue weighted by atomic mass is 32.1. The van der Waals surface area contributed by atoms with Gasteiger partial charge in [0.2, 0.25) is 0 Å². The largest absolute Gasteiger partial charge is 0.219 e. The number of rotatable bonds is 3. The van der Waals surface area contributed by atoms with E-state index in [1.54, 1.807) is 28.7 Å². The molecule has 2 aromatic rings. The molecule has 0 bridgehead atoms. The Morgan fingerprint density at radius 1 is 1.00 bits per heavy atom. The fourth-order valence-corrected chi connectivity index (χ4v) is 4.01. The van der Waals surface area contributed by atoms with Crippen LogP contribution in [0.4, 0.5) is 0 Å². The average Bonchev–Trinajstić information content (AvgIpc) is 3.20. The lowest BCUT2D eigenvalue weighted by Crippen LogP contribution is -2.09. The van der Waals surface area contributed by atoms with Crippen LogP contribution < -0.4 is 0 Å². The van der Waals surface area contributed by atoms with Gasteiger partial charge in [0, 0.05) is 26.5 Å². The van der Waals surface area contributed by atoms with Gasteiger partial charge in [-0.2, -0.15) is 0 Å². The van der Waals surface area contributed by atoms with Crippen LogP contribution in [-0.2, 0) is 0 Å². The summed E-state index contributed by atoms with van der Waals surface area (Å²) in [7, 11) is 0. The zero-order chi connectivity index (χ0) is 14.7. The molecule has 0 saturated carbocycles. The van der Waals surface area contributed by atoms with Gasteiger partial charge in [-0.25, -0.2) is 4.40 Å². The second kappa shape index (κ2) is 6.43. The van der Waals surface area contributed by atoms with E-state index >= 15 is 0 Å². The van der Waals surface area contributed by atoms with Gasteiger partial charge in [-0.1, -0.05) is 43.0 Å². The first-order chi connectivity index (χ1) is 10.3. The standard InChI is InChI=1S/C17H13NS3/c1-2-5-13-12(15-6-3-10-20-15)8-9-14(17(13)18-19)16-7-4-11-21-16/h2-11,19H,1H2/b13-5-,18-17?. The highest BCUT2D eigenvalue weighted by Crippen LogP contribution is 2.37. The van der Waals surface area contributed by atoms with Crippen molar-refractivity contribution < 1.29 is 0 Å². The normalized spacial score (nSPS) is 18.7. The third-order valence-corrected chi connectivity index (χ3v) is 5.18. The molecule has 21 heavy (non-hydrogen) atoms. The van der Waals surface area contributed by atoms with E-state index in [-0.39, 0.29) is 0 Å². The summed E-state index contributed by atoms with van der Waals surface area (Å²) < 4.78 is 4.24. The fraction of sp³-hybridized carbons (Fsp3) is 0. The van der Waals surface area contributed by atoms with Crippen molar-refractivity contribution in [1.29, 1.82) is 0 Å². The van der Waals surface area contributed by atoms with E-state index in [4.69, 9.17) is 0 Å². The average molecular weight is 327 g/mol. The summed E-state index contributed by atoms with van der Waals surface area (Å²) in [4.78, 5) is 2.42. The minimum absolute atomic E-state index is 0.895. The highest BCUT2D eigenvalue weighted by molar-refractivity contribution is 7.79. The summed E-state index contributed by atoms with van der Waals surface area (Å²) in [6, 6.07) is 8.33. The Kier molecular flexibility index (Phi) is 4.39. The lowest BCUT2D eigenvalue weighted by molar-refractivity contribution is 1.67. The molecule has 0 amide bonds. The first-order valence-electron chi connectivity index (χ1n) is 6.40. The summed E-state index contributed by atoms with van der Waals surface area (Å²) in [6.45, 7) is 3.83. The van der Waals surface area contributed by atoms with Crippen LogP contribution in [-0.4, -0.2) is 5.71 Å². The van der Waals surface area contributed by atoms with Crippen molar-refractivity contribution in [1.82, 2.24) is 0 Å². The molecule has 0 fully saturated rings. The van der Waals surface area contributed by atoms with Gasteiger partial charge in [-0.15, -0.1) is 22.7 Å². The van der Waals surface area contributed by atoms with Gasteiger partial charge in [0.1, 0.15) is 0 Å². The molecule has 0 aromatic carbocycles. The number of thiophene rings is 2. The van der Waals surface area contributed by atoms with Gasteiger partial charge in [-0.3, -0.25) is 0 Å². The van der Waals surface area contributed by atoms with E-state index in [0.29, 0.717) is 0 Å². The molecule has 0 radical (unpaired) electrons. The Hall–Kier alpha value is -1.62. The first-order valence-corrected chi connectivity index (χ1v) is 8.56. The Balaban J connectivity index is 2.18. The maximum Gasteiger partial charge on any atom is 0.0875 e. The number of allylic oxidation sites excluding steroid dienone is 7. The summed E-state index contributed by atoms with van der Waals surface area (Å²) in [5, 5.41) is 4.15. The fourth-order valence-electron chi connectivity index (χ4n) is 2.28. The van der Waals surface area contributed by atoms with E-state index in [1.807, 2.05) is 12.1 Å². The molecule has 104 valence electrons. The van der Waals surface area contributed by atoms with Gasteiger partial charge >= 0.3 is 0 Å². The van der Waals surface area contributed by atoms with Gasteiger partial charge in [0.15, 0.2) is 0 Å². The zero-order valence-corrected chi connectivity index (χ0v) is 13.7. The first kappa shape index (κ1) is 14.3. The molecule has 2 heterocycles. The van der Waals surface area contributed by atoms with Gasteiger partial charge in [0.05, 0.1) is 5.71 Å². The van der Waals surface area contributed by atoms with Crippen molar-refractivity contribution in [2.24, 2.45) is 4.40 Å². The van der Waals surface area contributed by atoms with Crippen LogP contribution in [0.5, 0.6) is 0 Å². The third-order valence-electron chi connectivity index (χ3n) is 3.17. The molecular weight excluding hydrogens is 314 g/mol. The molecule has 0 spiro atoms. The number of nitrogens with zero attached hydrogens (tertiary/aromatic N) is 1. The van der Waals surface area contributed by atoms with E-state index < -0.39 is 0 Å². The molecular formula is C17H13NS3. The lowest BCUT2D eigenvalue weighted by Gasteiger charge is -2.19. The van der Waals surface area contributed by atoms with Crippen molar-refractivity contribution in [2.45, 2.75) is 0 Å². The molecule has 4 heteroatoms. The maximum atomic E-state index is 4.24. The topological polar surface area (TPSA) is 12.4 Å². The predicted octanol–water partition coefficient (Wildman–Crippen LogP) is 5.69. The molecule has 0 N–H and O–H groups in total. The molecule has 0 saturated heterocycles. The Morgan fingerprint density at radius 3 is 2.14 bits per heavy atom. The van der Waals surface area contributed by atoms with Crippen LogP contribution in [0.3, 0.4) is 0 Å². The molecule has 0 atom stereocenters. The van der Waals surface area contributed by atoms with Crippen LogP contribution in [0.2, 0.25) is 0 Å². The van der Waals surface area contributed by atoms with E-state index in [2.05, 4.69) is 64.9 Å². The van der Waals surface area contributed by atoms with Gasteiger partial charge in [0.25, 0.3) is 0 Å². The van der Waals surface area contributed by atoms with E-state index in [0.717, 1.165) is 22.4 Å². The van der Waals surface area contributed by atoms with Crippen molar-refractivity contribution in [2.75, 3.05) is 0 Å². The number of hydrogen-bond acceptors (Lipinski definition) is 4. The quantitative estimate of drug-likeness (QED) is 0.695. The summed E-state index contributed by atoms with van der Waals surface area (Å²) >= 11 is 7.62. The van der Waals surface area contributed by atoms with E-state index in [1.165, 1.54) is 9.75 Å². The molecule has 1 nitrogen and oxygen atoms in total. The predicted molar refractivity (Wildman–Crippen MR) is 99.3 cm³/mol. The van der Waals surface area contributed by atoms with Crippen molar-refractivity contribution >= 4 is 52.3 Å².